The average molecular weight is 603 g/mol. The van der Waals surface area contributed by atoms with Gasteiger partial charge in [0.05, 0.1) is 28.8 Å². The quantitative estimate of drug-likeness (QED) is 0.155. The van der Waals surface area contributed by atoms with E-state index < -0.39 is 0 Å². The lowest BCUT2D eigenvalue weighted by atomic mass is 9.75. The molecular formula is C41H40N5+. The molecule has 46 heavy (non-hydrogen) atoms. The monoisotopic (exact) mass is 602 g/mol. The molecule has 228 valence electrons. The summed E-state index contributed by atoms with van der Waals surface area (Å²) in [6.45, 7) is 11.4. The van der Waals surface area contributed by atoms with Gasteiger partial charge in [-0.25, -0.2) is 9.67 Å². The van der Waals surface area contributed by atoms with Gasteiger partial charge >= 0.3 is 0 Å². The number of hydrogen-bond donors (Lipinski definition) is 0. The van der Waals surface area contributed by atoms with Crippen molar-refractivity contribution in [2.24, 2.45) is 0 Å². The van der Waals surface area contributed by atoms with E-state index in [1.165, 1.54) is 29.7 Å². The highest BCUT2D eigenvalue weighted by molar-refractivity contribution is 5.84. The molecule has 6 aromatic rings. The summed E-state index contributed by atoms with van der Waals surface area (Å²) < 4.78 is 4.28. The smallest absolute Gasteiger partial charge is 0.213 e. The van der Waals surface area contributed by atoms with Gasteiger partial charge in [0.25, 0.3) is 0 Å². The van der Waals surface area contributed by atoms with Gasteiger partial charge in [-0.1, -0.05) is 99.6 Å². The maximum absolute atomic E-state index is 5.09. The first-order chi connectivity index (χ1) is 22.5. The molecule has 3 aromatic heterocycles. The Kier molecular flexibility index (Phi) is 7.91. The summed E-state index contributed by atoms with van der Waals surface area (Å²) in [6, 6.07) is 36.4. The van der Waals surface area contributed by atoms with Crippen molar-refractivity contribution in [3.8, 4) is 50.7 Å². The molecule has 5 nitrogen and oxygen atoms in total. The second-order valence-electron chi connectivity index (χ2n) is 12.2. The second-order valence-corrected chi connectivity index (χ2v) is 12.2. The molecule has 7 rings (SSSR count). The van der Waals surface area contributed by atoms with Crippen LogP contribution in [0.2, 0.25) is 0 Å². The number of allylic oxidation sites excluding steroid dienone is 1. The fraction of sp³-hybridized carbons (Fsp3) is 0.220. The van der Waals surface area contributed by atoms with Crippen molar-refractivity contribution in [2.75, 3.05) is 0 Å². The Morgan fingerprint density at radius 3 is 2.15 bits per heavy atom. The first-order valence-corrected chi connectivity index (χ1v) is 16.5. The van der Waals surface area contributed by atoms with E-state index in [-0.39, 0.29) is 5.54 Å². The van der Waals surface area contributed by atoms with Gasteiger partial charge in [-0.3, -0.25) is 0 Å². The highest BCUT2D eigenvalue weighted by atomic mass is 15.4. The second kappa shape index (κ2) is 12.3. The van der Waals surface area contributed by atoms with Crippen LogP contribution in [0, 0.1) is 0 Å². The van der Waals surface area contributed by atoms with Gasteiger partial charge in [0.1, 0.15) is 5.69 Å². The number of fused-ring (bicyclic) bond motifs is 3. The van der Waals surface area contributed by atoms with Crippen molar-refractivity contribution in [1.29, 1.82) is 0 Å². The van der Waals surface area contributed by atoms with Crippen LogP contribution in [-0.2, 0) is 12.0 Å². The first kappa shape index (κ1) is 29.5. The molecule has 0 N–H and O–H groups in total. The lowest BCUT2D eigenvalue weighted by Crippen LogP contribution is -2.59. The maximum atomic E-state index is 5.09. The van der Waals surface area contributed by atoms with Gasteiger partial charge in [0.2, 0.25) is 5.69 Å². The third-order valence-corrected chi connectivity index (χ3v) is 9.67. The Morgan fingerprint density at radius 1 is 0.717 bits per heavy atom. The van der Waals surface area contributed by atoms with Crippen molar-refractivity contribution >= 4 is 5.57 Å². The standard InChI is InChI=1S/C41H40N5/c1-5-8-14-30-18-20-32(21-19-30)38-26-33(25-37(42-38)31-15-10-9-11-16-31)39-28-46(44-43-39)34-22-23-35-29(4)41(6-2,7-3)45-24-13-12-17-40(45)36(35)27-34/h9-13,15-28H,4-8,14H2,1-3H3/q+1. The Hall–Kier alpha value is -5.16. The molecule has 0 aliphatic carbocycles. The van der Waals surface area contributed by atoms with Crippen LogP contribution in [0.4, 0.5) is 0 Å². The van der Waals surface area contributed by atoms with Crippen molar-refractivity contribution in [3.63, 3.8) is 0 Å². The van der Waals surface area contributed by atoms with Gasteiger partial charge in [0.15, 0.2) is 11.7 Å². The molecule has 0 amide bonds. The van der Waals surface area contributed by atoms with Crippen molar-refractivity contribution < 1.29 is 4.57 Å². The molecular weight excluding hydrogens is 562 g/mol. The zero-order valence-corrected chi connectivity index (χ0v) is 26.9. The minimum atomic E-state index is -0.128. The summed E-state index contributed by atoms with van der Waals surface area (Å²) in [7, 11) is 0. The van der Waals surface area contributed by atoms with Crippen molar-refractivity contribution in [2.45, 2.75) is 58.4 Å². The Morgan fingerprint density at radius 2 is 1.43 bits per heavy atom. The normalized spacial score (nSPS) is 13.3. The number of unbranched alkanes of at least 4 members (excludes halogenated alkanes) is 1. The first-order valence-electron chi connectivity index (χ1n) is 16.5. The maximum Gasteiger partial charge on any atom is 0.213 e. The summed E-state index contributed by atoms with van der Waals surface area (Å²) in [5.74, 6) is 0. The number of benzene rings is 3. The molecule has 3 aromatic carbocycles. The number of pyridine rings is 2. The van der Waals surface area contributed by atoms with E-state index in [1.54, 1.807) is 0 Å². The van der Waals surface area contributed by atoms with E-state index >= 15 is 0 Å². The van der Waals surface area contributed by atoms with Crippen LogP contribution in [0.15, 0.2) is 122 Å². The van der Waals surface area contributed by atoms with E-state index in [0.717, 1.165) is 69.9 Å². The number of aryl methyl sites for hydroxylation is 1. The molecule has 1 aliphatic heterocycles. The molecule has 0 atom stereocenters. The van der Waals surface area contributed by atoms with E-state index in [1.807, 2.05) is 16.9 Å². The number of hydrogen-bond acceptors (Lipinski definition) is 3. The summed E-state index contributed by atoms with van der Waals surface area (Å²) in [4.78, 5) is 5.09. The fourth-order valence-corrected chi connectivity index (χ4v) is 6.93. The van der Waals surface area contributed by atoms with Gasteiger partial charge in [-0.2, -0.15) is 4.57 Å². The third kappa shape index (κ3) is 5.16. The molecule has 0 bridgehead atoms. The molecule has 0 radical (unpaired) electrons. The molecule has 0 spiro atoms. The van der Waals surface area contributed by atoms with Crippen molar-refractivity contribution in [1.82, 2.24) is 20.0 Å². The van der Waals surface area contributed by atoms with Crippen LogP contribution >= 0.6 is 0 Å². The minimum Gasteiger partial charge on any atom is -0.248 e. The molecule has 0 fully saturated rings. The van der Waals surface area contributed by atoms with Crippen molar-refractivity contribution in [3.05, 3.63) is 133 Å². The minimum absolute atomic E-state index is 0.128. The number of rotatable bonds is 9. The summed E-state index contributed by atoms with van der Waals surface area (Å²) in [6.07, 6.45) is 9.67. The predicted octanol–water partition coefficient (Wildman–Crippen LogP) is 9.50. The Labute approximate surface area is 271 Å². The zero-order chi connectivity index (χ0) is 31.7. The van der Waals surface area contributed by atoms with Crippen LogP contribution < -0.4 is 4.57 Å². The van der Waals surface area contributed by atoms with Crippen LogP contribution in [-0.4, -0.2) is 20.0 Å². The van der Waals surface area contributed by atoms with E-state index in [4.69, 9.17) is 4.98 Å². The molecule has 0 unspecified atom stereocenters. The largest absolute Gasteiger partial charge is 0.248 e. The Balaban J connectivity index is 1.28. The Bertz CT molecular complexity index is 2020. The van der Waals surface area contributed by atoms with Crippen LogP contribution in [0.3, 0.4) is 0 Å². The van der Waals surface area contributed by atoms with Crippen LogP contribution in [0.5, 0.6) is 0 Å². The topological polar surface area (TPSA) is 47.5 Å². The highest BCUT2D eigenvalue weighted by Gasteiger charge is 2.46. The van der Waals surface area contributed by atoms with E-state index in [9.17, 15) is 0 Å². The summed E-state index contributed by atoms with van der Waals surface area (Å²) in [5.41, 5.74) is 12.7. The van der Waals surface area contributed by atoms with Crippen LogP contribution in [0.25, 0.3) is 56.3 Å². The van der Waals surface area contributed by atoms with Gasteiger partial charge in [0, 0.05) is 47.2 Å². The lowest BCUT2D eigenvalue weighted by molar-refractivity contribution is -0.741. The third-order valence-electron chi connectivity index (χ3n) is 9.67. The molecule has 0 saturated carbocycles. The molecule has 4 heterocycles. The summed E-state index contributed by atoms with van der Waals surface area (Å²) in [5, 5.41) is 9.27. The van der Waals surface area contributed by atoms with Crippen LogP contribution in [0.1, 0.15) is 57.6 Å². The average Bonchev–Trinajstić information content (AvgIpc) is 3.62. The molecule has 1 aliphatic rings. The lowest BCUT2D eigenvalue weighted by Gasteiger charge is -2.34. The SMILES string of the molecule is C=C1c2ccc(-n3cc(-c4cc(-c5ccccc5)nc(-c5ccc(CCCC)cc5)c4)nn3)cc2-c2cccc[n+]2C1(CC)CC. The fourth-order valence-electron chi connectivity index (χ4n) is 6.93. The molecule has 0 saturated heterocycles. The van der Waals surface area contributed by atoms with Gasteiger partial charge < -0.3 is 0 Å². The number of aromatic nitrogens is 5. The van der Waals surface area contributed by atoms with E-state index in [0.29, 0.717) is 0 Å². The zero-order valence-electron chi connectivity index (χ0n) is 26.9. The predicted molar refractivity (Wildman–Crippen MR) is 187 cm³/mol. The number of nitrogens with zero attached hydrogens (tertiary/aromatic N) is 5. The summed E-state index contributed by atoms with van der Waals surface area (Å²) >= 11 is 0. The van der Waals surface area contributed by atoms with Gasteiger partial charge in [-0.15, -0.1) is 5.10 Å². The van der Waals surface area contributed by atoms with E-state index in [2.05, 4.69) is 145 Å². The molecule has 5 heteroatoms. The highest BCUT2D eigenvalue weighted by Crippen LogP contribution is 2.44. The van der Waals surface area contributed by atoms with Gasteiger partial charge in [-0.05, 0) is 54.3 Å².